The van der Waals surface area contributed by atoms with Crippen LogP contribution in [0.15, 0.2) is 62.6 Å². The van der Waals surface area contributed by atoms with E-state index in [2.05, 4.69) is 66.3 Å². The molecule has 6 heteroatoms. The molecule has 0 aliphatic rings. The van der Waals surface area contributed by atoms with Crippen LogP contribution in [0.5, 0.6) is 0 Å². The van der Waals surface area contributed by atoms with Crippen LogP contribution < -0.4 is 0 Å². The fourth-order valence-electron chi connectivity index (χ4n) is 2.02. The fourth-order valence-corrected chi connectivity index (χ4v) is 3.42. The monoisotopic (exact) mass is 437 g/mol. The summed E-state index contributed by atoms with van der Waals surface area (Å²) < 4.78 is 4.19. The minimum Gasteiger partial charge on any atom is -0.305 e. The Kier molecular flexibility index (Phi) is 5.00. The average molecular weight is 439 g/mol. The third kappa shape index (κ3) is 3.62. The van der Waals surface area contributed by atoms with Crippen molar-refractivity contribution in [3.8, 4) is 11.4 Å². The van der Waals surface area contributed by atoms with Crippen molar-refractivity contribution in [3.05, 3.63) is 63.0 Å². The Labute approximate surface area is 150 Å². The van der Waals surface area contributed by atoms with Crippen molar-refractivity contribution >= 4 is 43.6 Å². The molecule has 0 spiro atoms. The van der Waals surface area contributed by atoms with Crippen LogP contribution >= 0.6 is 43.6 Å². The lowest BCUT2D eigenvalue weighted by molar-refractivity contribution is 0.794. The summed E-state index contributed by atoms with van der Waals surface area (Å²) in [5, 5.41) is 9.53. The van der Waals surface area contributed by atoms with Gasteiger partial charge in [0.25, 0.3) is 0 Å². The standard InChI is InChI=1S/C16H13Br2N3S/c1-21-15(12-4-8-14(18)9-5-12)19-20-16(21)22-10-11-2-6-13(17)7-3-11/h2-9H,10H2,1H3. The van der Waals surface area contributed by atoms with Gasteiger partial charge in [0.1, 0.15) is 0 Å². The summed E-state index contributed by atoms with van der Waals surface area (Å²) in [6.45, 7) is 0. The molecule has 3 aromatic rings. The number of benzene rings is 2. The molecule has 112 valence electrons. The predicted molar refractivity (Wildman–Crippen MR) is 97.8 cm³/mol. The minimum absolute atomic E-state index is 0.875. The molecule has 0 bridgehead atoms. The van der Waals surface area contributed by atoms with Crippen LogP contribution in [0.1, 0.15) is 5.56 Å². The molecule has 0 saturated heterocycles. The van der Waals surface area contributed by atoms with E-state index in [-0.39, 0.29) is 0 Å². The lowest BCUT2D eigenvalue weighted by atomic mass is 10.2. The van der Waals surface area contributed by atoms with Crippen molar-refractivity contribution < 1.29 is 0 Å². The van der Waals surface area contributed by atoms with Gasteiger partial charge < -0.3 is 4.57 Å². The molecular formula is C16H13Br2N3S. The molecule has 0 aliphatic carbocycles. The third-order valence-corrected chi connectivity index (χ3v) is 5.37. The topological polar surface area (TPSA) is 30.7 Å². The molecule has 3 rings (SSSR count). The van der Waals surface area contributed by atoms with Crippen molar-refractivity contribution in [1.29, 1.82) is 0 Å². The molecule has 0 saturated carbocycles. The molecule has 22 heavy (non-hydrogen) atoms. The third-order valence-electron chi connectivity index (χ3n) is 3.22. The first kappa shape index (κ1) is 15.8. The van der Waals surface area contributed by atoms with Crippen LogP contribution in [0.25, 0.3) is 11.4 Å². The van der Waals surface area contributed by atoms with E-state index in [0.717, 1.165) is 31.2 Å². The second-order valence-electron chi connectivity index (χ2n) is 4.79. The van der Waals surface area contributed by atoms with E-state index in [1.165, 1.54) is 5.56 Å². The predicted octanol–water partition coefficient (Wildman–Crippen LogP) is 5.30. The van der Waals surface area contributed by atoms with E-state index in [4.69, 9.17) is 0 Å². The Morgan fingerprint density at radius 2 is 1.50 bits per heavy atom. The van der Waals surface area contributed by atoms with Crippen molar-refractivity contribution in [2.75, 3.05) is 0 Å². The summed E-state index contributed by atoms with van der Waals surface area (Å²) in [6, 6.07) is 16.4. The number of thioether (sulfide) groups is 1. The summed E-state index contributed by atoms with van der Waals surface area (Å²) in [5.41, 5.74) is 2.33. The minimum atomic E-state index is 0.875. The van der Waals surface area contributed by atoms with Gasteiger partial charge in [0, 0.05) is 27.3 Å². The van der Waals surface area contributed by atoms with Crippen LogP contribution in [0.4, 0.5) is 0 Å². The Balaban J connectivity index is 1.75. The van der Waals surface area contributed by atoms with Crippen LogP contribution in [0.2, 0.25) is 0 Å². The SMILES string of the molecule is Cn1c(SCc2ccc(Br)cc2)nnc1-c1ccc(Br)cc1. The molecule has 2 aromatic carbocycles. The van der Waals surface area contributed by atoms with E-state index >= 15 is 0 Å². The van der Waals surface area contributed by atoms with E-state index in [1.54, 1.807) is 11.8 Å². The fraction of sp³-hybridized carbons (Fsp3) is 0.125. The van der Waals surface area contributed by atoms with Crippen molar-refractivity contribution in [3.63, 3.8) is 0 Å². The van der Waals surface area contributed by atoms with Crippen molar-refractivity contribution in [1.82, 2.24) is 14.8 Å². The van der Waals surface area contributed by atoms with E-state index in [9.17, 15) is 0 Å². The van der Waals surface area contributed by atoms with E-state index in [0.29, 0.717) is 0 Å². The van der Waals surface area contributed by atoms with Gasteiger partial charge >= 0.3 is 0 Å². The number of hydrogen-bond acceptors (Lipinski definition) is 3. The van der Waals surface area contributed by atoms with Gasteiger partial charge in [-0.1, -0.05) is 67.9 Å². The number of aromatic nitrogens is 3. The van der Waals surface area contributed by atoms with Gasteiger partial charge in [0.2, 0.25) is 0 Å². The Hall–Kier alpha value is -1.11. The Morgan fingerprint density at radius 3 is 2.14 bits per heavy atom. The molecule has 0 fully saturated rings. The Morgan fingerprint density at radius 1 is 0.909 bits per heavy atom. The maximum absolute atomic E-state index is 4.31. The van der Waals surface area contributed by atoms with Crippen LogP contribution in [-0.4, -0.2) is 14.8 Å². The Bertz CT molecular complexity index is 767. The molecular weight excluding hydrogens is 426 g/mol. The largest absolute Gasteiger partial charge is 0.305 e. The van der Waals surface area contributed by atoms with Gasteiger partial charge in [-0.25, -0.2) is 0 Å². The van der Waals surface area contributed by atoms with Crippen molar-refractivity contribution in [2.24, 2.45) is 7.05 Å². The molecule has 0 N–H and O–H groups in total. The first-order valence-corrected chi connectivity index (χ1v) is 9.23. The highest BCUT2D eigenvalue weighted by atomic mass is 79.9. The van der Waals surface area contributed by atoms with E-state index in [1.807, 2.05) is 35.9 Å². The quantitative estimate of drug-likeness (QED) is 0.518. The molecule has 0 atom stereocenters. The maximum Gasteiger partial charge on any atom is 0.191 e. The summed E-state index contributed by atoms with van der Waals surface area (Å²) in [5.74, 6) is 1.75. The molecule has 0 amide bonds. The number of halogens is 2. The molecule has 3 nitrogen and oxygen atoms in total. The van der Waals surface area contributed by atoms with Crippen LogP contribution in [0.3, 0.4) is 0 Å². The highest BCUT2D eigenvalue weighted by molar-refractivity contribution is 9.10. The van der Waals surface area contributed by atoms with Gasteiger partial charge in [-0.15, -0.1) is 10.2 Å². The van der Waals surface area contributed by atoms with Crippen LogP contribution in [0, 0.1) is 0 Å². The van der Waals surface area contributed by atoms with Crippen LogP contribution in [-0.2, 0) is 12.8 Å². The summed E-state index contributed by atoms with van der Waals surface area (Å²) >= 11 is 8.59. The molecule has 0 radical (unpaired) electrons. The normalized spacial score (nSPS) is 10.9. The molecule has 0 aliphatic heterocycles. The lowest BCUT2D eigenvalue weighted by Gasteiger charge is -2.04. The van der Waals surface area contributed by atoms with Gasteiger partial charge in [0.05, 0.1) is 0 Å². The zero-order valence-corrected chi connectivity index (χ0v) is 15.8. The number of hydrogen-bond donors (Lipinski definition) is 0. The highest BCUT2D eigenvalue weighted by Gasteiger charge is 2.11. The molecule has 1 aromatic heterocycles. The van der Waals surface area contributed by atoms with Gasteiger partial charge in [-0.3, -0.25) is 0 Å². The summed E-state index contributed by atoms with van der Waals surface area (Å²) in [4.78, 5) is 0. The zero-order chi connectivity index (χ0) is 15.5. The number of rotatable bonds is 4. The van der Waals surface area contributed by atoms with Gasteiger partial charge in [0.15, 0.2) is 11.0 Å². The second-order valence-corrected chi connectivity index (χ2v) is 7.56. The summed E-state index contributed by atoms with van der Waals surface area (Å²) in [6.07, 6.45) is 0. The second kappa shape index (κ2) is 6.98. The van der Waals surface area contributed by atoms with Gasteiger partial charge in [-0.05, 0) is 29.8 Å². The zero-order valence-electron chi connectivity index (χ0n) is 11.8. The van der Waals surface area contributed by atoms with E-state index < -0.39 is 0 Å². The lowest BCUT2D eigenvalue weighted by Crippen LogP contribution is -1.95. The first-order chi connectivity index (χ1) is 10.6. The van der Waals surface area contributed by atoms with Crippen molar-refractivity contribution in [2.45, 2.75) is 10.9 Å². The highest BCUT2D eigenvalue weighted by Crippen LogP contribution is 2.26. The first-order valence-electron chi connectivity index (χ1n) is 6.66. The number of nitrogens with zero attached hydrogens (tertiary/aromatic N) is 3. The average Bonchev–Trinajstić information content (AvgIpc) is 2.89. The maximum atomic E-state index is 4.31. The molecule has 1 heterocycles. The smallest absolute Gasteiger partial charge is 0.191 e. The summed E-state index contributed by atoms with van der Waals surface area (Å²) in [7, 11) is 2.00. The molecule has 0 unspecified atom stereocenters. The van der Waals surface area contributed by atoms with Gasteiger partial charge in [-0.2, -0.15) is 0 Å².